The Hall–Kier alpha value is -1.71. The summed E-state index contributed by atoms with van der Waals surface area (Å²) >= 11 is 0. The first-order chi connectivity index (χ1) is 10.1. The smallest absolute Gasteiger partial charge is 0.191 e. The highest BCUT2D eigenvalue weighted by Gasteiger charge is 2.07. The summed E-state index contributed by atoms with van der Waals surface area (Å²) in [6.07, 6.45) is 2.37. The van der Waals surface area contributed by atoms with Crippen LogP contribution in [0.15, 0.2) is 29.3 Å². The maximum absolute atomic E-state index is 5.36. The third kappa shape index (κ3) is 6.52. The summed E-state index contributed by atoms with van der Waals surface area (Å²) in [6, 6.07) is 8.43. The van der Waals surface area contributed by atoms with Crippen molar-refractivity contribution in [1.82, 2.24) is 10.6 Å². The van der Waals surface area contributed by atoms with Gasteiger partial charge < -0.3 is 15.4 Å². The first kappa shape index (κ1) is 17.3. The Bertz CT molecular complexity index is 443. The number of aliphatic imine (C=N–C) groups is 1. The second kappa shape index (κ2) is 9.27. The molecule has 0 saturated carbocycles. The molecule has 118 valence electrons. The van der Waals surface area contributed by atoms with Gasteiger partial charge in [0.1, 0.15) is 5.75 Å². The van der Waals surface area contributed by atoms with Crippen LogP contribution in [0.1, 0.15) is 39.2 Å². The van der Waals surface area contributed by atoms with E-state index in [2.05, 4.69) is 42.5 Å². The van der Waals surface area contributed by atoms with Gasteiger partial charge in [0.2, 0.25) is 0 Å². The van der Waals surface area contributed by atoms with Crippen LogP contribution < -0.4 is 15.4 Å². The lowest BCUT2D eigenvalue weighted by molar-refractivity contribution is 0.409. The van der Waals surface area contributed by atoms with Crippen LogP contribution >= 0.6 is 0 Å². The lowest BCUT2D eigenvalue weighted by Crippen LogP contribution is -2.42. The minimum absolute atomic E-state index is 0.413. The van der Waals surface area contributed by atoms with E-state index in [-0.39, 0.29) is 0 Å². The summed E-state index contributed by atoms with van der Waals surface area (Å²) in [4.78, 5) is 4.28. The van der Waals surface area contributed by atoms with Gasteiger partial charge in [-0.05, 0) is 31.7 Å². The molecular formula is C17H29N3O. The van der Waals surface area contributed by atoms with Gasteiger partial charge in [-0.2, -0.15) is 0 Å². The molecule has 4 heteroatoms. The molecule has 1 aromatic carbocycles. The SMILES string of the molecule is CN=C(NCc1ccccc1OC)NC(C)CCC(C)C. The third-order valence-electron chi connectivity index (χ3n) is 3.42. The van der Waals surface area contributed by atoms with Crippen molar-refractivity contribution in [3.8, 4) is 5.75 Å². The number of ether oxygens (including phenoxy) is 1. The molecule has 4 nitrogen and oxygen atoms in total. The lowest BCUT2D eigenvalue weighted by Gasteiger charge is -2.19. The predicted molar refractivity (Wildman–Crippen MR) is 89.9 cm³/mol. The highest BCUT2D eigenvalue weighted by atomic mass is 16.5. The van der Waals surface area contributed by atoms with Crippen LogP contribution in [0.2, 0.25) is 0 Å². The Balaban J connectivity index is 2.48. The van der Waals surface area contributed by atoms with E-state index in [0.29, 0.717) is 12.6 Å². The molecule has 0 radical (unpaired) electrons. The molecule has 21 heavy (non-hydrogen) atoms. The highest BCUT2D eigenvalue weighted by Crippen LogP contribution is 2.16. The van der Waals surface area contributed by atoms with Gasteiger partial charge in [-0.15, -0.1) is 0 Å². The van der Waals surface area contributed by atoms with Crippen LogP contribution in [0.25, 0.3) is 0 Å². The van der Waals surface area contributed by atoms with Crippen LogP contribution in [-0.2, 0) is 6.54 Å². The second-order valence-corrected chi connectivity index (χ2v) is 5.75. The average Bonchev–Trinajstić information content (AvgIpc) is 2.49. The molecule has 0 amide bonds. The Morgan fingerprint density at radius 1 is 1.19 bits per heavy atom. The molecule has 2 N–H and O–H groups in total. The molecule has 0 fully saturated rings. The van der Waals surface area contributed by atoms with Gasteiger partial charge in [-0.3, -0.25) is 4.99 Å². The van der Waals surface area contributed by atoms with Crippen LogP contribution in [0, 0.1) is 5.92 Å². The largest absolute Gasteiger partial charge is 0.496 e. The standard InChI is InChI=1S/C17H29N3O/c1-13(2)10-11-14(3)20-17(18-4)19-12-15-8-6-7-9-16(15)21-5/h6-9,13-14H,10-12H2,1-5H3,(H2,18,19,20). The quantitative estimate of drug-likeness (QED) is 0.599. The molecule has 1 unspecified atom stereocenters. The lowest BCUT2D eigenvalue weighted by atomic mass is 10.0. The van der Waals surface area contributed by atoms with Gasteiger partial charge in [0.05, 0.1) is 7.11 Å². The number of hydrogen-bond donors (Lipinski definition) is 2. The summed E-state index contributed by atoms with van der Waals surface area (Å²) in [5.41, 5.74) is 1.12. The number of para-hydroxylation sites is 1. The second-order valence-electron chi connectivity index (χ2n) is 5.75. The summed E-state index contributed by atoms with van der Waals surface area (Å²) in [5, 5.41) is 6.77. The van der Waals surface area contributed by atoms with E-state index in [1.54, 1.807) is 14.2 Å². The highest BCUT2D eigenvalue weighted by molar-refractivity contribution is 5.79. The molecule has 1 rings (SSSR count). The Kier molecular flexibility index (Phi) is 7.65. The van der Waals surface area contributed by atoms with Crippen molar-refractivity contribution in [1.29, 1.82) is 0 Å². The zero-order valence-corrected chi connectivity index (χ0v) is 13.9. The van der Waals surface area contributed by atoms with Gasteiger partial charge in [0, 0.05) is 25.2 Å². The van der Waals surface area contributed by atoms with Crippen molar-refractivity contribution < 1.29 is 4.74 Å². The van der Waals surface area contributed by atoms with Crippen molar-refractivity contribution in [2.24, 2.45) is 10.9 Å². The predicted octanol–water partition coefficient (Wildman–Crippen LogP) is 3.18. The van der Waals surface area contributed by atoms with Crippen molar-refractivity contribution in [2.75, 3.05) is 14.2 Å². The van der Waals surface area contributed by atoms with E-state index in [4.69, 9.17) is 4.74 Å². The third-order valence-corrected chi connectivity index (χ3v) is 3.42. The Labute approximate surface area is 129 Å². The molecule has 0 spiro atoms. The van der Waals surface area contributed by atoms with Crippen molar-refractivity contribution in [2.45, 2.75) is 46.2 Å². The maximum Gasteiger partial charge on any atom is 0.191 e. The minimum atomic E-state index is 0.413. The van der Waals surface area contributed by atoms with Crippen molar-refractivity contribution in [3.05, 3.63) is 29.8 Å². The number of nitrogens with one attached hydrogen (secondary N) is 2. The number of guanidine groups is 1. The van der Waals surface area contributed by atoms with Gasteiger partial charge in [-0.25, -0.2) is 0 Å². The molecule has 0 saturated heterocycles. The number of rotatable bonds is 7. The molecule has 0 aromatic heterocycles. The average molecular weight is 291 g/mol. The zero-order chi connectivity index (χ0) is 15.7. The van der Waals surface area contributed by atoms with Crippen molar-refractivity contribution in [3.63, 3.8) is 0 Å². The van der Waals surface area contributed by atoms with E-state index in [1.807, 2.05) is 18.2 Å². The van der Waals surface area contributed by atoms with Gasteiger partial charge in [0.25, 0.3) is 0 Å². The first-order valence-corrected chi connectivity index (χ1v) is 7.65. The first-order valence-electron chi connectivity index (χ1n) is 7.65. The molecule has 0 heterocycles. The summed E-state index contributed by atoms with van der Waals surface area (Å²) < 4.78 is 5.36. The summed E-state index contributed by atoms with van der Waals surface area (Å²) in [5.74, 6) is 2.46. The summed E-state index contributed by atoms with van der Waals surface area (Å²) in [7, 11) is 3.49. The molecule has 0 aliphatic rings. The molecule has 0 bridgehead atoms. The fourth-order valence-corrected chi connectivity index (χ4v) is 2.11. The number of methoxy groups -OCH3 is 1. The van der Waals surface area contributed by atoms with Gasteiger partial charge in [0.15, 0.2) is 5.96 Å². The molecule has 0 aliphatic carbocycles. The number of nitrogens with zero attached hydrogens (tertiary/aromatic N) is 1. The monoisotopic (exact) mass is 291 g/mol. The molecular weight excluding hydrogens is 262 g/mol. The summed E-state index contributed by atoms with van der Waals surface area (Å²) in [6.45, 7) is 7.39. The van der Waals surface area contributed by atoms with E-state index >= 15 is 0 Å². The maximum atomic E-state index is 5.36. The van der Waals surface area contributed by atoms with Crippen LogP contribution in [0.5, 0.6) is 5.75 Å². The topological polar surface area (TPSA) is 45.7 Å². The van der Waals surface area contributed by atoms with Crippen LogP contribution in [-0.4, -0.2) is 26.2 Å². The van der Waals surface area contributed by atoms with Crippen LogP contribution in [0.3, 0.4) is 0 Å². The number of hydrogen-bond acceptors (Lipinski definition) is 2. The Morgan fingerprint density at radius 2 is 1.90 bits per heavy atom. The minimum Gasteiger partial charge on any atom is -0.496 e. The van der Waals surface area contributed by atoms with Gasteiger partial charge in [-0.1, -0.05) is 32.0 Å². The Morgan fingerprint density at radius 3 is 2.52 bits per heavy atom. The van der Waals surface area contributed by atoms with Crippen molar-refractivity contribution >= 4 is 5.96 Å². The van der Waals surface area contributed by atoms with E-state index in [9.17, 15) is 0 Å². The normalized spacial score (nSPS) is 13.1. The number of benzene rings is 1. The zero-order valence-electron chi connectivity index (χ0n) is 13.9. The molecule has 1 aromatic rings. The van der Waals surface area contributed by atoms with E-state index in [1.165, 1.54) is 6.42 Å². The fraction of sp³-hybridized carbons (Fsp3) is 0.588. The van der Waals surface area contributed by atoms with E-state index < -0.39 is 0 Å². The molecule has 1 atom stereocenters. The fourth-order valence-electron chi connectivity index (χ4n) is 2.11. The van der Waals surface area contributed by atoms with E-state index in [0.717, 1.165) is 29.6 Å². The van der Waals surface area contributed by atoms with Gasteiger partial charge >= 0.3 is 0 Å². The molecule has 0 aliphatic heterocycles. The van der Waals surface area contributed by atoms with Crippen LogP contribution in [0.4, 0.5) is 0 Å².